The van der Waals surface area contributed by atoms with Gasteiger partial charge in [0, 0.05) is 17.9 Å². The number of nitriles is 1. The van der Waals surface area contributed by atoms with Gasteiger partial charge < -0.3 is 0 Å². The Bertz CT molecular complexity index is 712. The van der Waals surface area contributed by atoms with E-state index in [9.17, 15) is 4.79 Å². The molecule has 0 radical (unpaired) electrons. The lowest BCUT2D eigenvalue weighted by atomic mass is 10.2. The molecule has 1 unspecified atom stereocenters. The molecule has 0 aliphatic carbocycles. The van der Waals surface area contributed by atoms with Gasteiger partial charge in [0.15, 0.2) is 5.15 Å². The van der Waals surface area contributed by atoms with Gasteiger partial charge in [-0.05, 0) is 18.4 Å². The van der Waals surface area contributed by atoms with E-state index in [0.29, 0.717) is 11.4 Å². The highest BCUT2D eigenvalue weighted by atomic mass is 35.5. The molecule has 2 aromatic rings. The van der Waals surface area contributed by atoms with Crippen LogP contribution in [0.1, 0.15) is 6.92 Å². The van der Waals surface area contributed by atoms with E-state index in [2.05, 4.69) is 10.1 Å². The van der Waals surface area contributed by atoms with Crippen molar-refractivity contribution in [3.8, 4) is 11.8 Å². The van der Waals surface area contributed by atoms with Crippen LogP contribution in [0.5, 0.6) is 0 Å². The van der Waals surface area contributed by atoms with Gasteiger partial charge in [0.05, 0.1) is 24.2 Å². The van der Waals surface area contributed by atoms with Crippen molar-refractivity contribution in [3.63, 3.8) is 0 Å². The number of amides is 1. The van der Waals surface area contributed by atoms with Crippen LogP contribution in [0.25, 0.3) is 5.69 Å². The van der Waals surface area contributed by atoms with Gasteiger partial charge in [-0.1, -0.05) is 18.5 Å². The molecule has 0 aliphatic rings. The summed E-state index contributed by atoms with van der Waals surface area (Å²) < 4.78 is 1.54. The molecule has 2 rings (SSSR count). The van der Waals surface area contributed by atoms with Crippen molar-refractivity contribution in [2.75, 3.05) is 23.5 Å². The molecule has 0 N–H and O–H groups in total. The van der Waals surface area contributed by atoms with Gasteiger partial charge in [0.1, 0.15) is 12.2 Å². The summed E-state index contributed by atoms with van der Waals surface area (Å²) in [5, 5.41) is 13.4. The average molecular weight is 350 g/mol. The number of halogens is 1. The molecule has 6 nitrogen and oxygen atoms in total. The number of carbonyl (C=O) groups excluding carboxylic acids is 1. The van der Waals surface area contributed by atoms with Gasteiger partial charge >= 0.3 is 0 Å². The van der Waals surface area contributed by atoms with Crippen LogP contribution in [-0.4, -0.2) is 39.2 Å². The SMILES string of the molecule is CSCC(C)C(=O)N(CC#N)c1cn(-c2cccnc2)nc1Cl. The molecular weight excluding hydrogens is 334 g/mol. The number of anilines is 1. The molecule has 2 aromatic heterocycles. The fourth-order valence-electron chi connectivity index (χ4n) is 2.09. The Morgan fingerprint density at radius 3 is 3.00 bits per heavy atom. The molecular formula is C15H16ClN5OS. The summed E-state index contributed by atoms with van der Waals surface area (Å²) in [4.78, 5) is 18.0. The molecule has 120 valence electrons. The quantitative estimate of drug-likeness (QED) is 0.749. The Hall–Kier alpha value is -2.04. The zero-order chi connectivity index (χ0) is 16.8. The molecule has 1 atom stereocenters. The topological polar surface area (TPSA) is 74.8 Å². The van der Waals surface area contributed by atoms with E-state index in [1.807, 2.05) is 25.3 Å². The smallest absolute Gasteiger partial charge is 0.231 e. The molecule has 0 fully saturated rings. The van der Waals surface area contributed by atoms with Crippen molar-refractivity contribution >= 4 is 35.0 Å². The molecule has 0 saturated heterocycles. The number of nitrogens with zero attached hydrogens (tertiary/aromatic N) is 5. The van der Waals surface area contributed by atoms with Gasteiger partial charge in [0.25, 0.3) is 0 Å². The zero-order valence-electron chi connectivity index (χ0n) is 12.8. The van der Waals surface area contributed by atoms with E-state index in [0.717, 1.165) is 5.69 Å². The zero-order valence-corrected chi connectivity index (χ0v) is 14.4. The van der Waals surface area contributed by atoms with E-state index in [1.54, 1.807) is 41.1 Å². The highest BCUT2D eigenvalue weighted by Gasteiger charge is 2.25. The van der Waals surface area contributed by atoms with Crippen molar-refractivity contribution < 1.29 is 4.79 Å². The van der Waals surface area contributed by atoms with Crippen LogP contribution in [0.4, 0.5) is 5.69 Å². The van der Waals surface area contributed by atoms with Crippen molar-refractivity contribution in [2.45, 2.75) is 6.92 Å². The van der Waals surface area contributed by atoms with Crippen LogP contribution in [0.15, 0.2) is 30.7 Å². The molecule has 0 bridgehead atoms. The van der Waals surface area contributed by atoms with E-state index in [1.165, 1.54) is 4.90 Å². The summed E-state index contributed by atoms with van der Waals surface area (Å²) in [6.45, 7) is 1.76. The van der Waals surface area contributed by atoms with E-state index < -0.39 is 0 Å². The number of rotatable bonds is 6. The normalized spacial score (nSPS) is 11.7. The second kappa shape index (κ2) is 7.99. The largest absolute Gasteiger partial charge is 0.294 e. The monoisotopic (exact) mass is 349 g/mol. The molecule has 1 amide bonds. The van der Waals surface area contributed by atoms with Gasteiger partial charge in [-0.3, -0.25) is 14.7 Å². The third-order valence-electron chi connectivity index (χ3n) is 3.19. The third kappa shape index (κ3) is 4.03. The standard InChI is InChI=1S/C15H16ClN5OS/c1-11(10-23-2)15(22)20(7-5-17)13-9-21(19-14(13)16)12-4-3-6-18-8-12/h3-4,6,8-9,11H,7,10H2,1-2H3. The Balaban J connectivity index is 2.35. The van der Waals surface area contributed by atoms with Gasteiger partial charge in [-0.25, -0.2) is 4.68 Å². The van der Waals surface area contributed by atoms with Crippen molar-refractivity contribution in [2.24, 2.45) is 5.92 Å². The van der Waals surface area contributed by atoms with Crippen molar-refractivity contribution in [1.82, 2.24) is 14.8 Å². The Morgan fingerprint density at radius 2 is 2.39 bits per heavy atom. The number of hydrogen-bond donors (Lipinski definition) is 0. The van der Waals surface area contributed by atoms with Crippen molar-refractivity contribution in [3.05, 3.63) is 35.9 Å². The Labute approximate surface area is 144 Å². The molecule has 23 heavy (non-hydrogen) atoms. The summed E-state index contributed by atoms with van der Waals surface area (Å²) >= 11 is 7.77. The van der Waals surface area contributed by atoms with Crippen LogP contribution in [0.3, 0.4) is 0 Å². The van der Waals surface area contributed by atoms with E-state index in [4.69, 9.17) is 16.9 Å². The maximum Gasteiger partial charge on any atom is 0.231 e. The molecule has 8 heteroatoms. The number of hydrogen-bond acceptors (Lipinski definition) is 5. The highest BCUT2D eigenvalue weighted by molar-refractivity contribution is 7.98. The van der Waals surface area contributed by atoms with Crippen LogP contribution in [-0.2, 0) is 4.79 Å². The first kappa shape index (κ1) is 17.3. The predicted octanol–water partition coefficient (Wildman–Crippen LogP) is 2.78. The summed E-state index contributed by atoms with van der Waals surface area (Å²) in [7, 11) is 0. The van der Waals surface area contributed by atoms with Crippen LogP contribution in [0.2, 0.25) is 5.15 Å². The number of aromatic nitrogens is 3. The summed E-state index contributed by atoms with van der Waals surface area (Å²) in [5.74, 6) is 0.319. The maximum atomic E-state index is 12.6. The van der Waals surface area contributed by atoms with Gasteiger partial charge in [0.2, 0.25) is 5.91 Å². The molecule has 0 saturated carbocycles. The Morgan fingerprint density at radius 1 is 1.61 bits per heavy atom. The molecule has 0 spiro atoms. The third-order valence-corrected chi connectivity index (χ3v) is 4.29. The number of carbonyl (C=O) groups is 1. The maximum absolute atomic E-state index is 12.6. The fourth-order valence-corrected chi connectivity index (χ4v) is 2.96. The van der Waals surface area contributed by atoms with Crippen molar-refractivity contribution in [1.29, 1.82) is 5.26 Å². The first-order chi connectivity index (χ1) is 11.1. The minimum absolute atomic E-state index is 0.0734. The van der Waals surface area contributed by atoms with Crippen LogP contribution in [0, 0.1) is 17.2 Å². The van der Waals surface area contributed by atoms with Crippen LogP contribution >= 0.6 is 23.4 Å². The summed E-state index contributed by atoms with van der Waals surface area (Å²) in [6.07, 6.45) is 6.87. The lowest BCUT2D eigenvalue weighted by Gasteiger charge is -2.21. The van der Waals surface area contributed by atoms with Gasteiger partial charge in [-0.2, -0.15) is 22.1 Å². The lowest BCUT2D eigenvalue weighted by Crippen LogP contribution is -2.36. The lowest BCUT2D eigenvalue weighted by molar-refractivity contribution is -0.121. The second-order valence-corrected chi connectivity index (χ2v) is 6.17. The van der Waals surface area contributed by atoms with E-state index in [-0.39, 0.29) is 23.5 Å². The average Bonchev–Trinajstić information content (AvgIpc) is 2.94. The minimum Gasteiger partial charge on any atom is -0.294 e. The number of thioether (sulfide) groups is 1. The van der Waals surface area contributed by atoms with E-state index >= 15 is 0 Å². The Kier molecular flexibility index (Phi) is 6.02. The highest BCUT2D eigenvalue weighted by Crippen LogP contribution is 2.27. The minimum atomic E-state index is -0.212. The second-order valence-electron chi connectivity index (χ2n) is 4.90. The number of pyridine rings is 1. The van der Waals surface area contributed by atoms with Crippen LogP contribution < -0.4 is 4.90 Å². The van der Waals surface area contributed by atoms with Gasteiger partial charge in [-0.15, -0.1) is 0 Å². The molecule has 0 aliphatic heterocycles. The fraction of sp³-hybridized carbons (Fsp3) is 0.333. The summed E-state index contributed by atoms with van der Waals surface area (Å²) in [5.41, 5.74) is 1.15. The summed E-state index contributed by atoms with van der Waals surface area (Å²) in [6, 6.07) is 5.62. The first-order valence-corrected chi connectivity index (χ1v) is 8.68. The molecule has 0 aromatic carbocycles. The first-order valence-electron chi connectivity index (χ1n) is 6.91. The molecule has 2 heterocycles. The predicted molar refractivity (Wildman–Crippen MR) is 91.9 cm³/mol.